The predicted molar refractivity (Wildman–Crippen MR) is 75.9 cm³/mol. The zero-order chi connectivity index (χ0) is 12.8. The maximum absolute atomic E-state index is 11.3. The minimum Gasteiger partial charge on any atom is -0.300 e. The minimum absolute atomic E-state index is 0.367. The fourth-order valence-corrected chi connectivity index (χ4v) is 2.85. The van der Waals surface area contributed by atoms with Crippen LogP contribution in [0.4, 0.5) is 0 Å². The van der Waals surface area contributed by atoms with E-state index in [1.807, 2.05) is 6.92 Å². The number of Topliss-reactive ketones (excluding diaryl/α,β-unsaturated/α-hetero) is 1. The Hall–Kier alpha value is -1.11. The lowest BCUT2D eigenvalue weighted by molar-refractivity contribution is -0.118. The molecule has 0 heterocycles. The maximum atomic E-state index is 11.3. The van der Waals surface area contributed by atoms with Crippen LogP contribution in [0.5, 0.6) is 0 Å². The topological polar surface area (TPSA) is 17.1 Å². The average Bonchev–Trinajstić information content (AvgIpc) is 2.46. The molecule has 18 heavy (non-hydrogen) atoms. The zero-order valence-electron chi connectivity index (χ0n) is 11.5. The van der Waals surface area contributed by atoms with Crippen LogP contribution in [0.15, 0.2) is 24.3 Å². The van der Waals surface area contributed by atoms with E-state index in [1.54, 1.807) is 0 Å². The summed E-state index contributed by atoms with van der Waals surface area (Å²) in [5.41, 5.74) is 2.80. The number of ketones is 1. The standard InChI is InChI=1S/C17H24O/c1-2-17(18)13-10-14-8-11-16(12-9-14)15-6-4-3-5-7-15/h8-9,11-12,15H,2-7,10,13H2,1H3. The van der Waals surface area contributed by atoms with Gasteiger partial charge in [0.15, 0.2) is 0 Å². The Balaban J connectivity index is 1.90. The van der Waals surface area contributed by atoms with Crippen LogP contribution in [0.2, 0.25) is 0 Å². The Kier molecular flexibility index (Phi) is 4.98. The number of carbonyl (C=O) groups excluding carboxylic acids is 1. The molecule has 1 heteroatoms. The lowest BCUT2D eigenvalue weighted by Gasteiger charge is -2.22. The van der Waals surface area contributed by atoms with Crippen molar-refractivity contribution < 1.29 is 4.79 Å². The molecule has 0 amide bonds. The average molecular weight is 244 g/mol. The molecule has 98 valence electrons. The molecule has 1 aromatic carbocycles. The summed E-state index contributed by atoms with van der Waals surface area (Å²) >= 11 is 0. The minimum atomic E-state index is 0.367. The molecule has 0 bridgehead atoms. The molecule has 1 fully saturated rings. The molecule has 1 aliphatic rings. The number of rotatable bonds is 5. The van der Waals surface area contributed by atoms with Crippen LogP contribution >= 0.6 is 0 Å². The van der Waals surface area contributed by atoms with Crippen LogP contribution in [0.1, 0.15) is 68.9 Å². The lowest BCUT2D eigenvalue weighted by Crippen LogP contribution is -2.04. The largest absolute Gasteiger partial charge is 0.300 e. The van der Waals surface area contributed by atoms with E-state index in [9.17, 15) is 4.79 Å². The van der Waals surface area contributed by atoms with Crippen LogP contribution in [-0.2, 0) is 11.2 Å². The van der Waals surface area contributed by atoms with Crippen molar-refractivity contribution in [2.45, 2.75) is 64.2 Å². The Morgan fingerprint density at radius 2 is 1.78 bits per heavy atom. The first-order valence-corrected chi connectivity index (χ1v) is 7.40. The van der Waals surface area contributed by atoms with E-state index < -0.39 is 0 Å². The molecule has 1 nitrogen and oxygen atoms in total. The molecule has 0 N–H and O–H groups in total. The van der Waals surface area contributed by atoms with E-state index in [-0.39, 0.29) is 0 Å². The number of benzene rings is 1. The molecule has 0 radical (unpaired) electrons. The number of carbonyl (C=O) groups is 1. The van der Waals surface area contributed by atoms with E-state index >= 15 is 0 Å². The summed E-state index contributed by atoms with van der Waals surface area (Å²) in [5.74, 6) is 1.15. The quantitative estimate of drug-likeness (QED) is 0.737. The first-order chi connectivity index (χ1) is 8.79. The summed E-state index contributed by atoms with van der Waals surface area (Å²) in [5, 5.41) is 0. The van der Waals surface area contributed by atoms with Gasteiger partial charge in [0.25, 0.3) is 0 Å². The predicted octanol–water partition coefficient (Wildman–Crippen LogP) is 4.65. The first kappa shape index (κ1) is 13.3. The van der Waals surface area contributed by atoms with Gasteiger partial charge in [-0.05, 0) is 36.3 Å². The van der Waals surface area contributed by atoms with E-state index in [1.165, 1.54) is 43.2 Å². The van der Waals surface area contributed by atoms with Crippen molar-refractivity contribution >= 4 is 5.78 Å². The second kappa shape index (κ2) is 6.72. The summed E-state index contributed by atoms with van der Waals surface area (Å²) in [6.45, 7) is 1.94. The van der Waals surface area contributed by atoms with E-state index in [0.29, 0.717) is 18.6 Å². The SMILES string of the molecule is CCC(=O)CCc1ccc(C2CCCCC2)cc1. The molecule has 1 saturated carbocycles. The fraction of sp³-hybridized carbons (Fsp3) is 0.588. The number of hydrogen-bond donors (Lipinski definition) is 0. The molecular weight excluding hydrogens is 220 g/mol. The molecule has 0 aromatic heterocycles. The molecular formula is C17H24O. The third-order valence-electron chi connectivity index (χ3n) is 4.14. The van der Waals surface area contributed by atoms with E-state index in [4.69, 9.17) is 0 Å². The van der Waals surface area contributed by atoms with Crippen LogP contribution in [-0.4, -0.2) is 5.78 Å². The van der Waals surface area contributed by atoms with Crippen LogP contribution in [0.3, 0.4) is 0 Å². The molecule has 1 aromatic rings. The van der Waals surface area contributed by atoms with Crippen LogP contribution in [0.25, 0.3) is 0 Å². The van der Waals surface area contributed by atoms with Gasteiger partial charge in [-0.25, -0.2) is 0 Å². The highest BCUT2D eigenvalue weighted by molar-refractivity contribution is 5.78. The summed E-state index contributed by atoms with van der Waals surface area (Å²) < 4.78 is 0. The molecule has 2 rings (SSSR count). The van der Waals surface area contributed by atoms with Gasteiger partial charge in [-0.3, -0.25) is 4.79 Å². The maximum Gasteiger partial charge on any atom is 0.132 e. The Morgan fingerprint density at radius 3 is 2.39 bits per heavy atom. The van der Waals surface area contributed by atoms with Crippen molar-refractivity contribution in [3.63, 3.8) is 0 Å². The van der Waals surface area contributed by atoms with E-state index in [0.717, 1.165) is 12.3 Å². The van der Waals surface area contributed by atoms with Crippen LogP contribution < -0.4 is 0 Å². The summed E-state index contributed by atoms with van der Waals surface area (Å²) in [6, 6.07) is 8.99. The van der Waals surface area contributed by atoms with Gasteiger partial charge in [0.1, 0.15) is 5.78 Å². The highest BCUT2D eigenvalue weighted by Gasteiger charge is 2.14. The van der Waals surface area contributed by atoms with Gasteiger partial charge in [0.05, 0.1) is 0 Å². The zero-order valence-corrected chi connectivity index (χ0v) is 11.5. The molecule has 0 aliphatic heterocycles. The van der Waals surface area contributed by atoms with Crippen molar-refractivity contribution in [1.82, 2.24) is 0 Å². The highest BCUT2D eigenvalue weighted by Crippen LogP contribution is 2.32. The molecule has 1 aliphatic carbocycles. The van der Waals surface area contributed by atoms with Gasteiger partial charge in [0.2, 0.25) is 0 Å². The molecule has 0 unspecified atom stereocenters. The van der Waals surface area contributed by atoms with Crippen LogP contribution in [0, 0.1) is 0 Å². The van der Waals surface area contributed by atoms with Crippen molar-refractivity contribution in [3.8, 4) is 0 Å². The van der Waals surface area contributed by atoms with Gasteiger partial charge in [0, 0.05) is 12.8 Å². The second-order valence-corrected chi connectivity index (χ2v) is 5.47. The number of aryl methyl sites for hydroxylation is 1. The monoisotopic (exact) mass is 244 g/mol. The summed E-state index contributed by atoms with van der Waals surface area (Å²) in [4.78, 5) is 11.3. The van der Waals surface area contributed by atoms with Gasteiger partial charge in [-0.1, -0.05) is 50.5 Å². The Morgan fingerprint density at radius 1 is 1.11 bits per heavy atom. The third kappa shape index (κ3) is 3.69. The van der Waals surface area contributed by atoms with Crippen molar-refractivity contribution in [3.05, 3.63) is 35.4 Å². The number of hydrogen-bond acceptors (Lipinski definition) is 1. The third-order valence-corrected chi connectivity index (χ3v) is 4.14. The second-order valence-electron chi connectivity index (χ2n) is 5.47. The summed E-state index contributed by atoms with van der Waals surface area (Å²) in [7, 11) is 0. The van der Waals surface area contributed by atoms with Gasteiger partial charge in [-0.2, -0.15) is 0 Å². The lowest BCUT2D eigenvalue weighted by atomic mass is 9.84. The fourth-order valence-electron chi connectivity index (χ4n) is 2.85. The van der Waals surface area contributed by atoms with Crippen molar-refractivity contribution in [2.24, 2.45) is 0 Å². The Labute approximate surface area is 111 Å². The van der Waals surface area contributed by atoms with Gasteiger partial charge < -0.3 is 0 Å². The Bertz CT molecular complexity index is 371. The van der Waals surface area contributed by atoms with Crippen molar-refractivity contribution in [1.29, 1.82) is 0 Å². The van der Waals surface area contributed by atoms with Gasteiger partial charge in [-0.15, -0.1) is 0 Å². The van der Waals surface area contributed by atoms with Crippen molar-refractivity contribution in [2.75, 3.05) is 0 Å². The highest BCUT2D eigenvalue weighted by atomic mass is 16.1. The normalized spacial score (nSPS) is 16.7. The van der Waals surface area contributed by atoms with E-state index in [2.05, 4.69) is 24.3 Å². The smallest absolute Gasteiger partial charge is 0.132 e. The molecule has 0 saturated heterocycles. The molecule has 0 spiro atoms. The van der Waals surface area contributed by atoms with Gasteiger partial charge >= 0.3 is 0 Å². The summed E-state index contributed by atoms with van der Waals surface area (Å²) in [6.07, 6.45) is 9.15. The first-order valence-electron chi connectivity index (χ1n) is 7.40. The molecule has 0 atom stereocenters.